The number of hydrogen-bond acceptors (Lipinski definition) is 3. The van der Waals surface area contributed by atoms with E-state index < -0.39 is 0 Å². The zero-order valence-corrected chi connectivity index (χ0v) is 20.7. The van der Waals surface area contributed by atoms with Gasteiger partial charge in [-0.05, 0) is 45.2 Å². The number of aryl methyl sites for hydroxylation is 3. The Labute approximate surface area is 205 Å². The van der Waals surface area contributed by atoms with E-state index >= 15 is 0 Å². The van der Waals surface area contributed by atoms with Gasteiger partial charge in [-0.25, -0.2) is 4.98 Å². The number of imidazole rings is 1. The molecule has 1 aliphatic rings. The van der Waals surface area contributed by atoms with Gasteiger partial charge in [0.05, 0.1) is 16.6 Å². The summed E-state index contributed by atoms with van der Waals surface area (Å²) in [7, 11) is 0. The number of amides is 1. The fraction of sp³-hybridized carbons (Fsp3) is 0.241. The summed E-state index contributed by atoms with van der Waals surface area (Å²) < 4.78 is 0. The number of carbonyl (C=O) groups is 1. The van der Waals surface area contributed by atoms with Crippen LogP contribution in [0.5, 0.6) is 0 Å². The van der Waals surface area contributed by atoms with Crippen LogP contribution >= 0.6 is 11.8 Å². The molecule has 0 radical (unpaired) electrons. The summed E-state index contributed by atoms with van der Waals surface area (Å²) in [5, 5.41) is 0.506. The van der Waals surface area contributed by atoms with Gasteiger partial charge >= 0.3 is 0 Å². The van der Waals surface area contributed by atoms with E-state index in [4.69, 9.17) is 4.98 Å². The van der Waals surface area contributed by atoms with Gasteiger partial charge in [-0.1, -0.05) is 89.6 Å². The monoisotopic (exact) mass is 467 g/mol. The number of aromatic nitrogens is 2. The second-order valence-electron chi connectivity index (χ2n) is 8.98. The van der Waals surface area contributed by atoms with E-state index in [1.165, 1.54) is 28.5 Å². The molecule has 0 bridgehead atoms. The fourth-order valence-electron chi connectivity index (χ4n) is 4.46. The number of fused-ring (bicyclic) bond motifs is 1. The van der Waals surface area contributed by atoms with Crippen molar-refractivity contribution < 1.29 is 4.79 Å². The number of carbonyl (C=O) groups excluding carboxylic acids is 1. The predicted molar refractivity (Wildman–Crippen MR) is 141 cm³/mol. The zero-order chi connectivity index (χ0) is 23.7. The molecular formula is C29H29N3OS. The number of benzene rings is 3. The molecule has 1 amide bonds. The van der Waals surface area contributed by atoms with Crippen LogP contribution in [0.25, 0.3) is 22.5 Å². The van der Waals surface area contributed by atoms with Gasteiger partial charge in [0.15, 0.2) is 5.16 Å². The molecule has 1 atom stereocenters. The SMILES string of the molecule is Cc1ccc(-c2nc(S[C@H](C)C(=O)N3CCCc4ccccc43)[nH]c2-c2ccc(C)cc2)cc1. The molecule has 0 aliphatic carbocycles. The van der Waals surface area contributed by atoms with Gasteiger partial charge in [-0.15, -0.1) is 0 Å². The lowest BCUT2D eigenvalue weighted by Crippen LogP contribution is -2.40. The summed E-state index contributed by atoms with van der Waals surface area (Å²) in [6.45, 7) is 6.92. The van der Waals surface area contributed by atoms with Crippen LogP contribution in [0, 0.1) is 13.8 Å². The summed E-state index contributed by atoms with van der Waals surface area (Å²) in [5.74, 6) is 0.127. The van der Waals surface area contributed by atoms with Gasteiger partial charge < -0.3 is 9.88 Å². The van der Waals surface area contributed by atoms with Gasteiger partial charge in [0, 0.05) is 23.4 Å². The lowest BCUT2D eigenvalue weighted by atomic mass is 10.0. The maximum absolute atomic E-state index is 13.4. The maximum Gasteiger partial charge on any atom is 0.240 e. The molecule has 0 fully saturated rings. The normalized spacial score (nSPS) is 14.0. The maximum atomic E-state index is 13.4. The van der Waals surface area contributed by atoms with Gasteiger partial charge in [-0.3, -0.25) is 4.79 Å². The molecule has 4 nitrogen and oxygen atoms in total. The van der Waals surface area contributed by atoms with Crippen LogP contribution in [-0.2, 0) is 11.2 Å². The first-order chi connectivity index (χ1) is 16.5. The Bertz CT molecular complexity index is 1250. The molecule has 3 aromatic carbocycles. The first-order valence-corrected chi connectivity index (χ1v) is 12.7. The minimum absolute atomic E-state index is 0.127. The molecule has 0 saturated carbocycles. The van der Waals surface area contributed by atoms with Crippen molar-refractivity contribution in [1.82, 2.24) is 9.97 Å². The van der Waals surface area contributed by atoms with Crippen molar-refractivity contribution in [2.75, 3.05) is 11.4 Å². The van der Waals surface area contributed by atoms with Gasteiger partial charge in [0.25, 0.3) is 0 Å². The first kappa shape index (κ1) is 22.5. The zero-order valence-electron chi connectivity index (χ0n) is 19.8. The largest absolute Gasteiger partial charge is 0.332 e. The molecule has 1 aromatic heterocycles. The number of para-hydroxylation sites is 1. The molecule has 0 spiro atoms. The van der Waals surface area contributed by atoms with Crippen LogP contribution in [0.3, 0.4) is 0 Å². The number of H-pyrrole nitrogens is 1. The van der Waals surface area contributed by atoms with Gasteiger partial charge in [0.1, 0.15) is 0 Å². The quantitative estimate of drug-likeness (QED) is 0.328. The fourth-order valence-corrected chi connectivity index (χ4v) is 5.32. The molecule has 1 aliphatic heterocycles. The smallest absolute Gasteiger partial charge is 0.240 e. The Morgan fingerprint density at radius 3 is 2.29 bits per heavy atom. The van der Waals surface area contributed by atoms with E-state index in [1.54, 1.807) is 0 Å². The summed E-state index contributed by atoms with van der Waals surface area (Å²) in [6.07, 6.45) is 2.02. The highest BCUT2D eigenvalue weighted by molar-refractivity contribution is 8.00. The van der Waals surface area contributed by atoms with Crippen molar-refractivity contribution in [3.05, 3.63) is 89.5 Å². The third-order valence-corrected chi connectivity index (χ3v) is 7.33. The highest BCUT2D eigenvalue weighted by atomic mass is 32.2. The molecular weight excluding hydrogens is 438 g/mol. The topological polar surface area (TPSA) is 49.0 Å². The van der Waals surface area contributed by atoms with Crippen molar-refractivity contribution in [3.63, 3.8) is 0 Å². The molecule has 2 heterocycles. The summed E-state index contributed by atoms with van der Waals surface area (Å²) in [6, 6.07) is 25.1. The standard InChI is InChI=1S/C29H29N3OS/c1-19-10-14-23(15-11-19)26-27(24-16-12-20(2)13-17-24)31-29(30-26)34-21(3)28(33)32-18-6-8-22-7-4-5-9-25(22)32/h4-5,7,9-17,21H,6,8,18H2,1-3H3,(H,30,31)/t21-/m1/s1. The summed E-state index contributed by atoms with van der Waals surface area (Å²) in [4.78, 5) is 23.9. The second kappa shape index (κ2) is 9.51. The number of rotatable bonds is 5. The van der Waals surface area contributed by atoms with E-state index in [9.17, 15) is 4.79 Å². The first-order valence-electron chi connectivity index (χ1n) is 11.8. The van der Waals surface area contributed by atoms with Gasteiger partial charge in [-0.2, -0.15) is 0 Å². The third-order valence-electron chi connectivity index (χ3n) is 6.36. The lowest BCUT2D eigenvalue weighted by molar-refractivity contribution is -0.117. The number of nitrogens with zero attached hydrogens (tertiary/aromatic N) is 2. The Morgan fingerprint density at radius 2 is 1.59 bits per heavy atom. The highest BCUT2D eigenvalue weighted by Gasteiger charge is 2.28. The number of thioether (sulfide) groups is 1. The van der Waals surface area contributed by atoms with Crippen LogP contribution in [-0.4, -0.2) is 27.7 Å². The minimum atomic E-state index is -0.256. The summed E-state index contributed by atoms with van der Waals surface area (Å²) in [5.41, 5.74) is 8.77. The highest BCUT2D eigenvalue weighted by Crippen LogP contribution is 2.35. The van der Waals surface area contributed by atoms with Crippen LogP contribution < -0.4 is 4.90 Å². The number of anilines is 1. The second-order valence-corrected chi connectivity index (χ2v) is 10.3. The van der Waals surface area contributed by atoms with Crippen molar-refractivity contribution >= 4 is 23.4 Å². The molecule has 5 heteroatoms. The molecule has 34 heavy (non-hydrogen) atoms. The molecule has 0 unspecified atom stereocenters. The van der Waals surface area contributed by atoms with E-state index in [-0.39, 0.29) is 11.2 Å². The predicted octanol–water partition coefficient (Wildman–Crippen LogP) is 6.82. The van der Waals surface area contributed by atoms with Crippen molar-refractivity contribution in [2.45, 2.75) is 44.0 Å². The van der Waals surface area contributed by atoms with E-state index in [1.807, 2.05) is 24.0 Å². The molecule has 0 saturated heterocycles. The molecule has 4 aromatic rings. The van der Waals surface area contributed by atoms with Crippen LogP contribution in [0.15, 0.2) is 78.0 Å². The van der Waals surface area contributed by atoms with E-state index in [2.05, 4.69) is 79.5 Å². The molecule has 172 valence electrons. The Hall–Kier alpha value is -3.31. The Morgan fingerprint density at radius 1 is 0.941 bits per heavy atom. The lowest BCUT2D eigenvalue weighted by Gasteiger charge is -2.31. The number of aromatic amines is 1. The van der Waals surface area contributed by atoms with E-state index in [0.29, 0.717) is 0 Å². The van der Waals surface area contributed by atoms with Crippen LogP contribution in [0.4, 0.5) is 5.69 Å². The minimum Gasteiger partial charge on any atom is -0.332 e. The van der Waals surface area contributed by atoms with Crippen molar-refractivity contribution in [2.24, 2.45) is 0 Å². The summed E-state index contributed by atoms with van der Waals surface area (Å²) >= 11 is 1.49. The average molecular weight is 468 g/mol. The van der Waals surface area contributed by atoms with Crippen LogP contribution in [0.1, 0.15) is 30.0 Å². The third kappa shape index (κ3) is 4.53. The number of nitrogens with one attached hydrogen (secondary N) is 1. The molecule has 5 rings (SSSR count). The van der Waals surface area contributed by atoms with Crippen LogP contribution in [0.2, 0.25) is 0 Å². The van der Waals surface area contributed by atoms with Crippen molar-refractivity contribution in [3.8, 4) is 22.5 Å². The van der Waals surface area contributed by atoms with E-state index in [0.717, 1.165) is 52.7 Å². The number of hydrogen-bond donors (Lipinski definition) is 1. The Kier molecular flexibility index (Phi) is 6.29. The molecule has 1 N–H and O–H groups in total. The average Bonchev–Trinajstić information content (AvgIpc) is 3.27. The van der Waals surface area contributed by atoms with Crippen molar-refractivity contribution in [1.29, 1.82) is 0 Å². The van der Waals surface area contributed by atoms with Gasteiger partial charge in [0.2, 0.25) is 5.91 Å². The Balaban J connectivity index is 1.45.